The third kappa shape index (κ3) is 2.85. The summed E-state index contributed by atoms with van der Waals surface area (Å²) in [7, 11) is -3.93. The molecule has 0 saturated carbocycles. The van der Waals surface area contributed by atoms with Gasteiger partial charge < -0.3 is 5.11 Å². The maximum absolute atomic E-state index is 12.2. The number of anilines is 1. The quantitative estimate of drug-likeness (QED) is 0.853. The number of hydrogen-bond donors (Lipinski definition) is 2. The van der Waals surface area contributed by atoms with E-state index in [1.807, 2.05) is 6.07 Å². The lowest BCUT2D eigenvalue weighted by Crippen LogP contribution is -2.14. The molecule has 0 heterocycles. The number of phenolic OH excluding ortho intramolecular Hbond substituents is 1. The van der Waals surface area contributed by atoms with E-state index in [1.165, 1.54) is 36.4 Å². The van der Waals surface area contributed by atoms with Gasteiger partial charge in [0, 0.05) is 6.07 Å². The van der Waals surface area contributed by atoms with E-state index in [0.29, 0.717) is 0 Å². The highest BCUT2D eigenvalue weighted by Gasteiger charge is 2.19. The normalized spacial score (nSPS) is 10.8. The molecule has 0 aromatic heterocycles. The van der Waals surface area contributed by atoms with Crippen molar-refractivity contribution in [3.05, 3.63) is 53.1 Å². The van der Waals surface area contributed by atoms with Crippen LogP contribution >= 0.6 is 11.6 Å². The van der Waals surface area contributed by atoms with Crippen molar-refractivity contribution in [3.8, 4) is 11.8 Å². The Morgan fingerprint density at radius 1 is 1.20 bits per heavy atom. The topological polar surface area (TPSA) is 90.2 Å². The van der Waals surface area contributed by atoms with Crippen LogP contribution in [0.25, 0.3) is 0 Å². The van der Waals surface area contributed by atoms with Crippen molar-refractivity contribution in [2.75, 3.05) is 4.72 Å². The number of rotatable bonds is 3. The third-order valence-corrected chi connectivity index (χ3v) is 4.23. The van der Waals surface area contributed by atoms with E-state index in [-0.39, 0.29) is 26.9 Å². The first kappa shape index (κ1) is 14.2. The van der Waals surface area contributed by atoms with Crippen molar-refractivity contribution in [3.63, 3.8) is 0 Å². The largest absolute Gasteiger partial charge is 0.508 e. The third-order valence-electron chi connectivity index (χ3n) is 2.49. The fourth-order valence-electron chi connectivity index (χ4n) is 1.58. The number of aromatic hydroxyl groups is 1. The smallest absolute Gasteiger partial charge is 0.263 e. The van der Waals surface area contributed by atoms with Gasteiger partial charge in [-0.25, -0.2) is 8.42 Å². The van der Waals surface area contributed by atoms with Gasteiger partial charge in [0.2, 0.25) is 0 Å². The number of nitrogens with one attached hydrogen (secondary N) is 1. The van der Waals surface area contributed by atoms with Crippen LogP contribution in [0.1, 0.15) is 5.56 Å². The summed E-state index contributed by atoms with van der Waals surface area (Å²) < 4.78 is 26.8. The molecule has 0 aliphatic rings. The predicted molar refractivity (Wildman–Crippen MR) is 75.1 cm³/mol. The zero-order chi connectivity index (χ0) is 14.8. The molecule has 0 fully saturated rings. The van der Waals surface area contributed by atoms with Gasteiger partial charge in [-0.15, -0.1) is 0 Å². The molecule has 0 bridgehead atoms. The average molecular weight is 309 g/mol. The number of sulfonamides is 1. The Labute approximate surface area is 121 Å². The molecule has 102 valence electrons. The molecular weight excluding hydrogens is 300 g/mol. The van der Waals surface area contributed by atoms with Crippen molar-refractivity contribution < 1.29 is 13.5 Å². The lowest BCUT2D eigenvalue weighted by atomic mass is 10.2. The maximum Gasteiger partial charge on any atom is 0.263 e. The minimum atomic E-state index is -3.93. The highest BCUT2D eigenvalue weighted by molar-refractivity contribution is 7.92. The lowest BCUT2D eigenvalue weighted by Gasteiger charge is -2.10. The fraction of sp³-hybridized carbons (Fsp3) is 0. The second-order valence-corrected chi connectivity index (χ2v) is 5.94. The van der Waals surface area contributed by atoms with E-state index in [0.717, 1.165) is 0 Å². The molecule has 2 aromatic carbocycles. The van der Waals surface area contributed by atoms with Crippen LogP contribution in [0, 0.1) is 11.3 Å². The molecule has 2 aromatic rings. The van der Waals surface area contributed by atoms with Crippen LogP contribution in [0.5, 0.6) is 5.75 Å². The molecule has 0 radical (unpaired) electrons. The van der Waals surface area contributed by atoms with Gasteiger partial charge in [-0.3, -0.25) is 4.72 Å². The Hall–Kier alpha value is -2.23. The molecule has 0 aliphatic carbocycles. The first-order valence-corrected chi connectivity index (χ1v) is 7.30. The van der Waals surface area contributed by atoms with Crippen LogP contribution < -0.4 is 4.72 Å². The van der Waals surface area contributed by atoms with Crippen LogP contribution in [-0.2, 0) is 10.0 Å². The second kappa shape index (κ2) is 5.41. The minimum Gasteiger partial charge on any atom is -0.508 e. The monoisotopic (exact) mass is 308 g/mol. The summed E-state index contributed by atoms with van der Waals surface area (Å²) in [6, 6.07) is 11.5. The summed E-state index contributed by atoms with van der Waals surface area (Å²) in [5.74, 6) is -0.0737. The van der Waals surface area contributed by atoms with Gasteiger partial charge >= 0.3 is 0 Å². The summed E-state index contributed by atoms with van der Waals surface area (Å²) >= 11 is 5.84. The molecule has 0 saturated heterocycles. The van der Waals surface area contributed by atoms with E-state index in [4.69, 9.17) is 16.9 Å². The van der Waals surface area contributed by atoms with Gasteiger partial charge in [0.1, 0.15) is 16.7 Å². The Morgan fingerprint density at radius 3 is 2.55 bits per heavy atom. The molecule has 2 N–H and O–H groups in total. The van der Waals surface area contributed by atoms with Gasteiger partial charge in [-0.05, 0) is 24.3 Å². The Bertz CT molecular complexity index is 798. The summed E-state index contributed by atoms with van der Waals surface area (Å²) in [5, 5.41) is 18.2. The van der Waals surface area contributed by atoms with E-state index in [1.54, 1.807) is 6.07 Å². The van der Waals surface area contributed by atoms with Crippen LogP contribution in [0.15, 0.2) is 47.4 Å². The highest BCUT2D eigenvalue weighted by Crippen LogP contribution is 2.28. The van der Waals surface area contributed by atoms with Crippen LogP contribution in [0.4, 0.5) is 5.69 Å². The lowest BCUT2D eigenvalue weighted by molar-refractivity contribution is 0.475. The van der Waals surface area contributed by atoms with Crippen molar-refractivity contribution in [1.82, 2.24) is 0 Å². The summed E-state index contributed by atoms with van der Waals surface area (Å²) in [6.45, 7) is 0. The van der Waals surface area contributed by atoms with Crippen LogP contribution in [0.2, 0.25) is 5.02 Å². The van der Waals surface area contributed by atoms with Gasteiger partial charge in [0.25, 0.3) is 10.0 Å². The molecule has 0 atom stereocenters. The zero-order valence-corrected chi connectivity index (χ0v) is 11.6. The maximum atomic E-state index is 12.2. The van der Waals surface area contributed by atoms with Crippen molar-refractivity contribution in [1.29, 1.82) is 5.26 Å². The van der Waals surface area contributed by atoms with Gasteiger partial charge in [-0.2, -0.15) is 5.26 Å². The number of phenols is 1. The molecule has 7 heteroatoms. The zero-order valence-electron chi connectivity index (χ0n) is 10.0. The molecule has 5 nitrogen and oxygen atoms in total. The minimum absolute atomic E-state index is 0.0369. The number of halogens is 1. The molecule has 0 amide bonds. The van der Waals surface area contributed by atoms with Gasteiger partial charge in [0.05, 0.1) is 16.3 Å². The van der Waals surface area contributed by atoms with E-state index in [9.17, 15) is 13.5 Å². The van der Waals surface area contributed by atoms with Crippen molar-refractivity contribution in [2.24, 2.45) is 0 Å². The molecule has 0 unspecified atom stereocenters. The number of hydrogen-bond acceptors (Lipinski definition) is 4. The standard InChI is InChI=1S/C13H9ClN2O3S/c14-11-7-10(17)5-6-12(11)16-20(18,19)13-4-2-1-3-9(13)8-15/h1-7,16-17H. The van der Waals surface area contributed by atoms with Crippen molar-refractivity contribution in [2.45, 2.75) is 4.90 Å². The number of nitrogens with zero attached hydrogens (tertiary/aromatic N) is 1. The summed E-state index contributed by atoms with van der Waals surface area (Å²) in [5.41, 5.74) is 0.159. The summed E-state index contributed by atoms with van der Waals surface area (Å²) in [4.78, 5) is -0.133. The SMILES string of the molecule is N#Cc1ccccc1S(=O)(=O)Nc1ccc(O)cc1Cl. The Kier molecular flexibility index (Phi) is 3.84. The highest BCUT2D eigenvalue weighted by atomic mass is 35.5. The molecular formula is C13H9ClN2O3S. The number of nitriles is 1. The first-order chi connectivity index (χ1) is 9.44. The first-order valence-electron chi connectivity index (χ1n) is 5.44. The summed E-state index contributed by atoms with van der Waals surface area (Å²) in [6.07, 6.45) is 0. The van der Waals surface area contributed by atoms with Gasteiger partial charge in [-0.1, -0.05) is 23.7 Å². The second-order valence-electron chi connectivity index (χ2n) is 3.88. The number of benzene rings is 2. The van der Waals surface area contributed by atoms with Gasteiger partial charge in [0.15, 0.2) is 0 Å². The van der Waals surface area contributed by atoms with E-state index in [2.05, 4.69) is 4.72 Å². The molecule has 20 heavy (non-hydrogen) atoms. The fourth-order valence-corrected chi connectivity index (χ4v) is 3.10. The Morgan fingerprint density at radius 2 is 1.90 bits per heavy atom. The average Bonchev–Trinajstić information content (AvgIpc) is 2.42. The van der Waals surface area contributed by atoms with Crippen LogP contribution in [-0.4, -0.2) is 13.5 Å². The van der Waals surface area contributed by atoms with E-state index < -0.39 is 10.0 Å². The molecule has 0 spiro atoms. The Balaban J connectivity index is 2.44. The predicted octanol–water partition coefficient (Wildman–Crippen LogP) is 2.72. The van der Waals surface area contributed by atoms with E-state index >= 15 is 0 Å². The van der Waals surface area contributed by atoms with Crippen molar-refractivity contribution >= 4 is 27.3 Å². The molecule has 0 aliphatic heterocycles. The molecule has 2 rings (SSSR count). The van der Waals surface area contributed by atoms with Crippen LogP contribution in [0.3, 0.4) is 0 Å².